The third-order valence-corrected chi connectivity index (χ3v) is 4.68. The second-order valence-corrected chi connectivity index (χ2v) is 5.71. The molecule has 0 radical (unpaired) electrons. The van der Waals surface area contributed by atoms with E-state index in [2.05, 4.69) is 0 Å². The fraction of sp³-hybridized carbons (Fsp3) is 1.00. The molecule has 1 saturated carbocycles. The van der Waals surface area contributed by atoms with E-state index in [9.17, 15) is 5.11 Å². The maximum absolute atomic E-state index is 10.2. The summed E-state index contributed by atoms with van der Waals surface area (Å²) in [5, 5.41) is 10.2. The van der Waals surface area contributed by atoms with Crippen molar-refractivity contribution in [3.63, 3.8) is 0 Å². The van der Waals surface area contributed by atoms with Crippen molar-refractivity contribution in [1.82, 2.24) is 0 Å². The minimum absolute atomic E-state index is 0.0309. The van der Waals surface area contributed by atoms with Crippen molar-refractivity contribution in [3.8, 4) is 0 Å². The van der Waals surface area contributed by atoms with Gasteiger partial charge in [-0.2, -0.15) is 11.8 Å². The van der Waals surface area contributed by atoms with Crippen LogP contribution >= 0.6 is 11.8 Å². The van der Waals surface area contributed by atoms with Gasteiger partial charge < -0.3 is 5.11 Å². The highest BCUT2D eigenvalue weighted by Crippen LogP contribution is 2.35. The lowest BCUT2D eigenvalue weighted by molar-refractivity contribution is 0.0487. The van der Waals surface area contributed by atoms with Crippen molar-refractivity contribution in [2.75, 3.05) is 11.5 Å². The maximum Gasteiger partial charge on any atom is 0.0597 e. The SMILES string of the molecule is OC(C1CCCC1)C1CCSCC1. The van der Waals surface area contributed by atoms with Gasteiger partial charge in [-0.15, -0.1) is 0 Å². The highest BCUT2D eigenvalue weighted by molar-refractivity contribution is 7.99. The number of hydrogen-bond acceptors (Lipinski definition) is 2. The van der Waals surface area contributed by atoms with Crippen LogP contribution in [0.15, 0.2) is 0 Å². The van der Waals surface area contributed by atoms with Gasteiger partial charge in [-0.3, -0.25) is 0 Å². The lowest BCUT2D eigenvalue weighted by Gasteiger charge is -2.30. The van der Waals surface area contributed by atoms with Crippen LogP contribution in [0.3, 0.4) is 0 Å². The monoisotopic (exact) mass is 200 g/mol. The Morgan fingerprint density at radius 1 is 0.923 bits per heavy atom. The molecule has 1 saturated heterocycles. The van der Waals surface area contributed by atoms with Crippen LogP contribution in [-0.2, 0) is 0 Å². The molecule has 1 atom stereocenters. The Hall–Kier alpha value is 0.310. The number of thioether (sulfide) groups is 1. The summed E-state index contributed by atoms with van der Waals surface area (Å²) in [6.07, 6.45) is 7.80. The van der Waals surface area contributed by atoms with E-state index in [1.165, 1.54) is 50.0 Å². The number of hydrogen-bond donors (Lipinski definition) is 1. The summed E-state index contributed by atoms with van der Waals surface area (Å²) in [4.78, 5) is 0. The molecule has 2 aliphatic rings. The van der Waals surface area contributed by atoms with Crippen LogP contribution < -0.4 is 0 Å². The summed E-state index contributed by atoms with van der Waals surface area (Å²) in [6.45, 7) is 0. The zero-order chi connectivity index (χ0) is 9.10. The molecule has 0 aromatic rings. The van der Waals surface area contributed by atoms with Crippen LogP contribution in [0.5, 0.6) is 0 Å². The van der Waals surface area contributed by atoms with Crippen LogP contribution in [0.4, 0.5) is 0 Å². The molecule has 2 fully saturated rings. The minimum atomic E-state index is 0.0309. The molecule has 1 nitrogen and oxygen atoms in total. The van der Waals surface area contributed by atoms with E-state index in [1.807, 2.05) is 11.8 Å². The van der Waals surface area contributed by atoms with Crippen LogP contribution in [0.25, 0.3) is 0 Å². The van der Waals surface area contributed by atoms with E-state index in [1.54, 1.807) is 0 Å². The first kappa shape index (κ1) is 9.85. The first-order valence-corrected chi connectivity index (χ1v) is 6.79. The number of aliphatic hydroxyl groups excluding tert-OH is 1. The molecule has 2 rings (SSSR count). The second kappa shape index (κ2) is 4.70. The normalized spacial score (nSPS) is 29.3. The highest BCUT2D eigenvalue weighted by atomic mass is 32.2. The molecule has 0 bridgehead atoms. The quantitative estimate of drug-likeness (QED) is 0.739. The van der Waals surface area contributed by atoms with E-state index in [0.717, 1.165) is 0 Å². The van der Waals surface area contributed by atoms with Gasteiger partial charge in [-0.25, -0.2) is 0 Å². The molecule has 2 heteroatoms. The van der Waals surface area contributed by atoms with Gasteiger partial charge >= 0.3 is 0 Å². The summed E-state index contributed by atoms with van der Waals surface area (Å²) in [7, 11) is 0. The Labute approximate surface area is 85.3 Å². The number of aliphatic hydroxyl groups is 1. The van der Waals surface area contributed by atoms with Crippen LogP contribution in [0.1, 0.15) is 38.5 Å². The van der Waals surface area contributed by atoms with Gasteiger partial charge in [0.15, 0.2) is 0 Å². The van der Waals surface area contributed by atoms with E-state index in [4.69, 9.17) is 0 Å². The van der Waals surface area contributed by atoms with Gasteiger partial charge in [0.25, 0.3) is 0 Å². The lowest BCUT2D eigenvalue weighted by atomic mass is 9.86. The van der Waals surface area contributed by atoms with Gasteiger partial charge in [0, 0.05) is 0 Å². The molecule has 0 spiro atoms. The van der Waals surface area contributed by atoms with Gasteiger partial charge in [0.05, 0.1) is 6.10 Å². The molecule has 0 aromatic carbocycles. The fourth-order valence-electron chi connectivity index (χ4n) is 2.74. The van der Waals surface area contributed by atoms with Crippen LogP contribution in [0, 0.1) is 11.8 Å². The molecule has 0 aromatic heterocycles. The summed E-state index contributed by atoms with van der Waals surface area (Å²) in [6, 6.07) is 0. The third kappa shape index (κ3) is 2.41. The van der Waals surface area contributed by atoms with Crippen LogP contribution in [0.2, 0.25) is 0 Å². The summed E-state index contributed by atoms with van der Waals surface area (Å²) in [5.74, 6) is 3.82. The van der Waals surface area contributed by atoms with Gasteiger partial charge in [-0.05, 0) is 49.0 Å². The average Bonchev–Trinajstić information content (AvgIpc) is 2.71. The summed E-state index contributed by atoms with van der Waals surface area (Å²) >= 11 is 2.05. The number of rotatable bonds is 2. The first-order chi connectivity index (χ1) is 6.38. The Balaban J connectivity index is 1.83. The molecule has 1 N–H and O–H groups in total. The molecular weight excluding hydrogens is 180 g/mol. The lowest BCUT2D eigenvalue weighted by Crippen LogP contribution is -2.30. The van der Waals surface area contributed by atoms with Crippen molar-refractivity contribution in [3.05, 3.63) is 0 Å². The highest BCUT2D eigenvalue weighted by Gasteiger charge is 2.30. The summed E-state index contributed by atoms with van der Waals surface area (Å²) in [5.41, 5.74) is 0. The van der Waals surface area contributed by atoms with Crippen LogP contribution in [-0.4, -0.2) is 22.7 Å². The molecule has 0 amide bonds. The zero-order valence-corrected chi connectivity index (χ0v) is 9.06. The van der Waals surface area contributed by atoms with Crippen molar-refractivity contribution in [1.29, 1.82) is 0 Å². The molecule has 1 heterocycles. The molecule has 1 aliphatic carbocycles. The van der Waals surface area contributed by atoms with Crippen molar-refractivity contribution >= 4 is 11.8 Å². The predicted octanol–water partition coefficient (Wildman–Crippen LogP) is 2.68. The predicted molar refractivity (Wildman–Crippen MR) is 58.0 cm³/mol. The Morgan fingerprint density at radius 2 is 1.46 bits per heavy atom. The van der Waals surface area contributed by atoms with E-state index < -0.39 is 0 Å². The van der Waals surface area contributed by atoms with Gasteiger partial charge in [0.1, 0.15) is 0 Å². The molecule has 76 valence electrons. The molecule has 1 unspecified atom stereocenters. The zero-order valence-electron chi connectivity index (χ0n) is 8.24. The maximum atomic E-state index is 10.2. The topological polar surface area (TPSA) is 20.2 Å². The first-order valence-electron chi connectivity index (χ1n) is 5.64. The van der Waals surface area contributed by atoms with Gasteiger partial charge in [0.2, 0.25) is 0 Å². The third-order valence-electron chi connectivity index (χ3n) is 3.63. The van der Waals surface area contributed by atoms with Crippen molar-refractivity contribution < 1.29 is 5.11 Å². The smallest absolute Gasteiger partial charge is 0.0597 e. The van der Waals surface area contributed by atoms with E-state index in [0.29, 0.717) is 11.8 Å². The second-order valence-electron chi connectivity index (χ2n) is 4.48. The Kier molecular flexibility index (Phi) is 3.56. The molecule has 13 heavy (non-hydrogen) atoms. The summed E-state index contributed by atoms with van der Waals surface area (Å²) < 4.78 is 0. The van der Waals surface area contributed by atoms with E-state index >= 15 is 0 Å². The molecular formula is C11H20OS. The van der Waals surface area contributed by atoms with Crippen molar-refractivity contribution in [2.45, 2.75) is 44.6 Å². The van der Waals surface area contributed by atoms with Gasteiger partial charge in [-0.1, -0.05) is 12.8 Å². The Morgan fingerprint density at radius 3 is 2.08 bits per heavy atom. The largest absolute Gasteiger partial charge is 0.393 e. The average molecular weight is 200 g/mol. The Bertz CT molecular complexity index is 148. The molecule has 1 aliphatic heterocycles. The minimum Gasteiger partial charge on any atom is -0.393 e. The van der Waals surface area contributed by atoms with Crippen molar-refractivity contribution in [2.24, 2.45) is 11.8 Å². The van der Waals surface area contributed by atoms with E-state index in [-0.39, 0.29) is 6.10 Å². The fourth-order valence-corrected chi connectivity index (χ4v) is 3.88. The standard InChI is InChI=1S/C11H20OS/c12-11(9-3-1-2-4-9)10-5-7-13-8-6-10/h9-12H,1-8H2.